The summed E-state index contributed by atoms with van der Waals surface area (Å²) in [6.45, 7) is 2.67. The maximum atomic E-state index is 12.2. The van der Waals surface area contributed by atoms with Gasteiger partial charge in [0.25, 0.3) is 0 Å². The largest absolute Gasteiger partial charge is 0.366 e. The number of carbonyl (C=O) groups is 1. The van der Waals surface area contributed by atoms with Gasteiger partial charge in [-0.05, 0) is 42.3 Å². The lowest BCUT2D eigenvalue weighted by atomic mass is 10.1. The number of amides is 1. The van der Waals surface area contributed by atoms with Gasteiger partial charge < -0.3 is 10.6 Å². The molecule has 0 saturated carbocycles. The molecule has 1 heterocycles. The molecular weight excluding hydrogens is 346 g/mol. The van der Waals surface area contributed by atoms with Crippen molar-refractivity contribution >= 4 is 29.0 Å². The molecule has 132 valence electrons. The molecule has 26 heavy (non-hydrogen) atoms. The Morgan fingerprint density at radius 3 is 2.54 bits per heavy atom. The Morgan fingerprint density at radius 1 is 1.04 bits per heavy atom. The Morgan fingerprint density at radius 2 is 1.85 bits per heavy atom. The zero-order valence-corrected chi connectivity index (χ0v) is 15.3. The Kier molecular flexibility index (Phi) is 5.87. The van der Waals surface area contributed by atoms with Crippen molar-refractivity contribution < 1.29 is 4.79 Å². The van der Waals surface area contributed by atoms with Crippen molar-refractivity contribution in [1.82, 2.24) is 4.98 Å². The third-order valence-electron chi connectivity index (χ3n) is 3.88. The fourth-order valence-corrected chi connectivity index (χ4v) is 2.71. The third kappa shape index (κ3) is 5.33. The van der Waals surface area contributed by atoms with Gasteiger partial charge in [-0.15, -0.1) is 0 Å². The second kappa shape index (κ2) is 8.50. The molecule has 0 aliphatic carbocycles. The molecule has 0 aliphatic heterocycles. The van der Waals surface area contributed by atoms with E-state index in [1.807, 2.05) is 67.6 Å². The highest BCUT2D eigenvalue weighted by atomic mass is 35.5. The predicted molar refractivity (Wildman–Crippen MR) is 107 cm³/mol. The van der Waals surface area contributed by atoms with Gasteiger partial charge in [-0.2, -0.15) is 0 Å². The van der Waals surface area contributed by atoms with Crippen molar-refractivity contribution in [2.24, 2.45) is 0 Å². The first kappa shape index (κ1) is 18.0. The molecule has 1 amide bonds. The van der Waals surface area contributed by atoms with Crippen LogP contribution in [0.2, 0.25) is 5.02 Å². The van der Waals surface area contributed by atoms with E-state index in [4.69, 9.17) is 11.6 Å². The van der Waals surface area contributed by atoms with E-state index in [0.29, 0.717) is 18.7 Å². The van der Waals surface area contributed by atoms with E-state index >= 15 is 0 Å². The lowest BCUT2D eigenvalue weighted by Gasteiger charge is -2.08. The van der Waals surface area contributed by atoms with Crippen LogP contribution in [0.5, 0.6) is 0 Å². The van der Waals surface area contributed by atoms with Crippen LogP contribution < -0.4 is 10.6 Å². The first-order chi connectivity index (χ1) is 12.6. The minimum absolute atomic E-state index is 0.0562. The Bertz CT molecular complexity index is 877. The van der Waals surface area contributed by atoms with Crippen molar-refractivity contribution in [3.63, 3.8) is 0 Å². The lowest BCUT2D eigenvalue weighted by molar-refractivity contribution is -0.115. The second-order valence-electron chi connectivity index (χ2n) is 6.13. The monoisotopic (exact) mass is 365 g/mol. The number of rotatable bonds is 6. The van der Waals surface area contributed by atoms with Crippen LogP contribution in [-0.4, -0.2) is 10.9 Å². The summed E-state index contributed by atoms with van der Waals surface area (Å²) < 4.78 is 0. The molecular formula is C21H20ClN3O. The standard InChI is InChI=1S/C21H20ClN3O/c1-15-3-2-4-17(11-15)12-21(26)25-19-9-10-20(24-14-19)23-13-16-5-7-18(22)8-6-16/h2-11,14H,12-13H2,1H3,(H,23,24)(H,25,26). The smallest absolute Gasteiger partial charge is 0.228 e. The van der Waals surface area contributed by atoms with E-state index < -0.39 is 0 Å². The zero-order valence-electron chi connectivity index (χ0n) is 14.5. The summed E-state index contributed by atoms with van der Waals surface area (Å²) in [5, 5.41) is 6.83. The second-order valence-corrected chi connectivity index (χ2v) is 6.56. The molecule has 0 atom stereocenters. The number of pyridine rings is 1. The highest BCUT2D eigenvalue weighted by Gasteiger charge is 2.05. The molecule has 0 fully saturated rings. The van der Waals surface area contributed by atoms with E-state index in [2.05, 4.69) is 15.6 Å². The molecule has 3 aromatic rings. The molecule has 0 unspecified atom stereocenters. The number of halogens is 1. The molecule has 2 N–H and O–H groups in total. The molecule has 4 nitrogen and oxygen atoms in total. The maximum absolute atomic E-state index is 12.2. The van der Waals surface area contributed by atoms with Crippen LogP contribution in [0.1, 0.15) is 16.7 Å². The van der Waals surface area contributed by atoms with Crippen molar-refractivity contribution in [1.29, 1.82) is 0 Å². The number of nitrogens with one attached hydrogen (secondary N) is 2. The molecule has 0 spiro atoms. The van der Waals surface area contributed by atoms with Gasteiger partial charge in [0.15, 0.2) is 0 Å². The minimum Gasteiger partial charge on any atom is -0.366 e. The van der Waals surface area contributed by atoms with Gasteiger partial charge in [0.1, 0.15) is 5.82 Å². The average Bonchev–Trinajstić information content (AvgIpc) is 2.62. The molecule has 1 aromatic heterocycles. The normalized spacial score (nSPS) is 10.4. The van der Waals surface area contributed by atoms with Crippen LogP contribution in [0.3, 0.4) is 0 Å². The highest BCUT2D eigenvalue weighted by Crippen LogP contribution is 2.14. The van der Waals surface area contributed by atoms with Gasteiger partial charge in [0.05, 0.1) is 18.3 Å². The van der Waals surface area contributed by atoms with Gasteiger partial charge in [-0.25, -0.2) is 4.98 Å². The van der Waals surface area contributed by atoms with E-state index in [0.717, 1.165) is 27.5 Å². The predicted octanol–water partition coefficient (Wildman–Crippen LogP) is 4.84. The Hall–Kier alpha value is -2.85. The van der Waals surface area contributed by atoms with E-state index in [1.165, 1.54) is 0 Å². The lowest BCUT2D eigenvalue weighted by Crippen LogP contribution is -2.14. The van der Waals surface area contributed by atoms with Crippen LogP contribution >= 0.6 is 11.6 Å². The van der Waals surface area contributed by atoms with Crippen molar-refractivity contribution in [3.8, 4) is 0 Å². The number of nitrogens with zero attached hydrogens (tertiary/aromatic N) is 1. The molecule has 0 radical (unpaired) electrons. The van der Waals surface area contributed by atoms with Crippen molar-refractivity contribution in [2.45, 2.75) is 19.9 Å². The van der Waals surface area contributed by atoms with Crippen LogP contribution in [0.15, 0.2) is 66.9 Å². The Labute approximate surface area is 158 Å². The van der Waals surface area contributed by atoms with Gasteiger partial charge in [0, 0.05) is 11.6 Å². The molecule has 2 aromatic carbocycles. The summed E-state index contributed by atoms with van der Waals surface area (Å²) in [7, 11) is 0. The van der Waals surface area contributed by atoms with Gasteiger partial charge in [-0.3, -0.25) is 4.79 Å². The van der Waals surface area contributed by atoms with Gasteiger partial charge in [-0.1, -0.05) is 53.6 Å². The summed E-state index contributed by atoms with van der Waals surface area (Å²) in [6.07, 6.45) is 2.00. The summed E-state index contributed by atoms with van der Waals surface area (Å²) >= 11 is 5.88. The summed E-state index contributed by atoms with van der Waals surface area (Å²) in [5.41, 5.74) is 3.94. The van der Waals surface area contributed by atoms with E-state index in [9.17, 15) is 4.79 Å². The third-order valence-corrected chi connectivity index (χ3v) is 4.13. The van der Waals surface area contributed by atoms with Gasteiger partial charge >= 0.3 is 0 Å². The van der Waals surface area contributed by atoms with Gasteiger partial charge in [0.2, 0.25) is 5.91 Å². The van der Waals surface area contributed by atoms with Crippen molar-refractivity contribution in [2.75, 3.05) is 10.6 Å². The maximum Gasteiger partial charge on any atom is 0.228 e. The SMILES string of the molecule is Cc1cccc(CC(=O)Nc2ccc(NCc3ccc(Cl)cc3)nc2)c1. The summed E-state index contributed by atoms with van der Waals surface area (Å²) in [4.78, 5) is 16.5. The van der Waals surface area contributed by atoms with Crippen LogP contribution in [0.4, 0.5) is 11.5 Å². The fourth-order valence-electron chi connectivity index (χ4n) is 2.58. The molecule has 3 rings (SSSR count). The molecule has 0 aliphatic rings. The number of carbonyl (C=O) groups excluding carboxylic acids is 1. The zero-order chi connectivity index (χ0) is 18.4. The first-order valence-electron chi connectivity index (χ1n) is 8.38. The highest BCUT2D eigenvalue weighted by molar-refractivity contribution is 6.30. The van der Waals surface area contributed by atoms with Crippen LogP contribution in [0, 0.1) is 6.92 Å². The number of hydrogen-bond acceptors (Lipinski definition) is 3. The quantitative estimate of drug-likeness (QED) is 0.657. The van der Waals surface area contributed by atoms with E-state index in [1.54, 1.807) is 6.20 Å². The number of hydrogen-bond donors (Lipinski definition) is 2. The topological polar surface area (TPSA) is 54.0 Å². The summed E-state index contributed by atoms with van der Waals surface area (Å²) in [6, 6.07) is 19.3. The number of aryl methyl sites for hydroxylation is 1. The molecule has 5 heteroatoms. The average molecular weight is 366 g/mol. The minimum atomic E-state index is -0.0562. The number of anilines is 2. The van der Waals surface area contributed by atoms with Crippen molar-refractivity contribution in [3.05, 3.63) is 88.6 Å². The Balaban J connectivity index is 1.52. The van der Waals surface area contributed by atoms with Crippen LogP contribution in [0.25, 0.3) is 0 Å². The number of aromatic nitrogens is 1. The fraction of sp³-hybridized carbons (Fsp3) is 0.143. The molecule has 0 bridgehead atoms. The van der Waals surface area contributed by atoms with Crippen LogP contribution in [-0.2, 0) is 17.8 Å². The van der Waals surface area contributed by atoms with E-state index in [-0.39, 0.29) is 5.91 Å². The molecule has 0 saturated heterocycles. The number of benzene rings is 2. The summed E-state index contributed by atoms with van der Waals surface area (Å²) in [5.74, 6) is 0.691. The first-order valence-corrected chi connectivity index (χ1v) is 8.76.